The second-order valence-electron chi connectivity index (χ2n) is 4.46. The van der Waals surface area contributed by atoms with Gasteiger partial charge in [0.15, 0.2) is 0 Å². The number of nitrogens with zero attached hydrogens (tertiary/aromatic N) is 3. The first kappa shape index (κ1) is 12.3. The quantitative estimate of drug-likeness (QED) is 0.797. The highest BCUT2D eigenvalue weighted by Gasteiger charge is 2.35. The normalized spacial score (nSPS) is 17.6. The Morgan fingerprint density at radius 2 is 1.78 bits per heavy atom. The predicted octanol–water partition coefficient (Wildman–Crippen LogP) is 2.33. The van der Waals surface area contributed by atoms with Crippen molar-refractivity contribution in [1.29, 1.82) is 10.5 Å². The van der Waals surface area contributed by atoms with Crippen molar-refractivity contribution in [2.75, 3.05) is 25.1 Å². The zero-order valence-electron chi connectivity index (χ0n) is 10.4. The third kappa shape index (κ3) is 2.10. The van der Waals surface area contributed by atoms with E-state index in [0.29, 0.717) is 25.9 Å². The van der Waals surface area contributed by atoms with Crippen LogP contribution in [0.1, 0.15) is 12.8 Å². The number of nitriles is 2. The maximum absolute atomic E-state index is 9.08. The summed E-state index contributed by atoms with van der Waals surface area (Å²) in [5, 5.41) is 18.2. The van der Waals surface area contributed by atoms with Gasteiger partial charge in [-0.15, -0.1) is 0 Å². The van der Waals surface area contributed by atoms with E-state index in [2.05, 4.69) is 17.0 Å². The van der Waals surface area contributed by atoms with E-state index in [-0.39, 0.29) is 0 Å². The largest absolute Gasteiger partial charge is 0.495 e. The van der Waals surface area contributed by atoms with Crippen molar-refractivity contribution in [2.45, 2.75) is 12.8 Å². The fraction of sp³-hybridized carbons (Fsp3) is 0.429. The molecule has 1 aliphatic rings. The standard InChI is InChI=1S/C14H15N3O/c1-18-13-5-3-2-4-12(13)17-8-6-14(10-15,11-16)7-9-17/h2-5H,6-9H2,1H3. The molecule has 0 aliphatic carbocycles. The molecule has 1 aromatic carbocycles. The minimum atomic E-state index is -0.807. The molecule has 0 spiro atoms. The third-order valence-corrected chi connectivity index (χ3v) is 3.47. The Kier molecular flexibility index (Phi) is 3.39. The Bertz CT molecular complexity index is 489. The van der Waals surface area contributed by atoms with Crippen LogP contribution in [-0.2, 0) is 0 Å². The first-order valence-corrected chi connectivity index (χ1v) is 5.95. The monoisotopic (exact) mass is 241 g/mol. The molecule has 0 amide bonds. The Balaban J connectivity index is 2.16. The van der Waals surface area contributed by atoms with Crippen molar-refractivity contribution in [1.82, 2.24) is 0 Å². The van der Waals surface area contributed by atoms with Crippen LogP contribution in [0.4, 0.5) is 5.69 Å². The van der Waals surface area contributed by atoms with Crippen LogP contribution in [0.15, 0.2) is 24.3 Å². The van der Waals surface area contributed by atoms with Crippen LogP contribution in [-0.4, -0.2) is 20.2 Å². The Morgan fingerprint density at radius 3 is 2.33 bits per heavy atom. The van der Waals surface area contributed by atoms with Gasteiger partial charge in [0.1, 0.15) is 11.2 Å². The van der Waals surface area contributed by atoms with E-state index in [9.17, 15) is 0 Å². The van der Waals surface area contributed by atoms with Crippen LogP contribution in [0, 0.1) is 28.1 Å². The molecule has 0 radical (unpaired) electrons. The van der Waals surface area contributed by atoms with Gasteiger partial charge in [0.2, 0.25) is 0 Å². The summed E-state index contributed by atoms with van der Waals surface area (Å²) in [6, 6.07) is 12.1. The van der Waals surface area contributed by atoms with Crippen LogP contribution in [0.25, 0.3) is 0 Å². The van der Waals surface area contributed by atoms with E-state index < -0.39 is 5.41 Å². The van der Waals surface area contributed by atoms with Crippen LogP contribution in [0.3, 0.4) is 0 Å². The summed E-state index contributed by atoms with van der Waals surface area (Å²) in [6.45, 7) is 1.42. The summed E-state index contributed by atoms with van der Waals surface area (Å²) in [6.07, 6.45) is 1.16. The molecule has 1 saturated heterocycles. The summed E-state index contributed by atoms with van der Waals surface area (Å²) in [5.74, 6) is 0.832. The number of methoxy groups -OCH3 is 1. The number of ether oxygens (including phenoxy) is 1. The Morgan fingerprint density at radius 1 is 1.17 bits per heavy atom. The van der Waals surface area contributed by atoms with Crippen LogP contribution in [0.2, 0.25) is 0 Å². The molecule has 1 aromatic rings. The SMILES string of the molecule is COc1ccccc1N1CCC(C#N)(C#N)CC1. The number of benzene rings is 1. The van der Waals surface area contributed by atoms with E-state index in [1.165, 1.54) is 0 Å². The molecular weight excluding hydrogens is 226 g/mol. The number of hydrogen-bond donors (Lipinski definition) is 0. The summed E-state index contributed by atoms with van der Waals surface area (Å²) in [4.78, 5) is 2.17. The molecule has 4 nitrogen and oxygen atoms in total. The van der Waals surface area contributed by atoms with Gasteiger partial charge in [0, 0.05) is 13.1 Å². The minimum Gasteiger partial charge on any atom is -0.495 e. The van der Waals surface area contributed by atoms with Gasteiger partial charge in [-0.25, -0.2) is 0 Å². The fourth-order valence-corrected chi connectivity index (χ4v) is 2.27. The average molecular weight is 241 g/mol. The highest BCUT2D eigenvalue weighted by Crippen LogP contribution is 2.35. The molecule has 0 saturated carbocycles. The van der Waals surface area contributed by atoms with Crippen molar-refractivity contribution in [3.63, 3.8) is 0 Å². The van der Waals surface area contributed by atoms with Crippen LogP contribution >= 0.6 is 0 Å². The lowest BCUT2D eigenvalue weighted by Crippen LogP contribution is -2.38. The van der Waals surface area contributed by atoms with E-state index in [4.69, 9.17) is 15.3 Å². The smallest absolute Gasteiger partial charge is 0.147 e. The highest BCUT2D eigenvalue weighted by molar-refractivity contribution is 5.58. The van der Waals surface area contributed by atoms with Gasteiger partial charge in [-0.1, -0.05) is 12.1 Å². The van der Waals surface area contributed by atoms with E-state index in [1.54, 1.807) is 7.11 Å². The summed E-state index contributed by atoms with van der Waals surface area (Å²) in [7, 11) is 1.65. The molecule has 0 aromatic heterocycles. The number of para-hydroxylation sites is 2. The molecular formula is C14H15N3O. The lowest BCUT2D eigenvalue weighted by Gasteiger charge is -2.35. The molecule has 4 heteroatoms. The maximum atomic E-state index is 9.08. The Labute approximate surface area is 107 Å². The molecule has 1 aliphatic heterocycles. The molecule has 0 atom stereocenters. The summed E-state index contributed by atoms with van der Waals surface area (Å²) < 4.78 is 5.33. The van der Waals surface area contributed by atoms with Gasteiger partial charge in [0.05, 0.1) is 24.9 Å². The molecule has 92 valence electrons. The second-order valence-corrected chi connectivity index (χ2v) is 4.46. The van der Waals surface area contributed by atoms with E-state index in [0.717, 1.165) is 11.4 Å². The number of anilines is 1. The second kappa shape index (κ2) is 4.98. The van der Waals surface area contributed by atoms with Crippen molar-refractivity contribution in [2.24, 2.45) is 5.41 Å². The van der Waals surface area contributed by atoms with E-state index in [1.807, 2.05) is 24.3 Å². The minimum absolute atomic E-state index is 0.581. The third-order valence-electron chi connectivity index (χ3n) is 3.47. The lowest BCUT2D eigenvalue weighted by atomic mass is 9.81. The van der Waals surface area contributed by atoms with Crippen molar-refractivity contribution < 1.29 is 4.74 Å². The lowest BCUT2D eigenvalue weighted by molar-refractivity contribution is 0.383. The summed E-state index contributed by atoms with van der Waals surface area (Å²) in [5.41, 5.74) is 0.225. The molecule has 0 bridgehead atoms. The average Bonchev–Trinajstić information content (AvgIpc) is 2.47. The first-order chi connectivity index (χ1) is 8.74. The van der Waals surface area contributed by atoms with Crippen molar-refractivity contribution in [3.05, 3.63) is 24.3 Å². The highest BCUT2D eigenvalue weighted by atomic mass is 16.5. The van der Waals surface area contributed by atoms with Gasteiger partial charge < -0.3 is 9.64 Å². The summed E-state index contributed by atoms with van der Waals surface area (Å²) >= 11 is 0. The van der Waals surface area contributed by atoms with Gasteiger partial charge in [-0.05, 0) is 25.0 Å². The van der Waals surface area contributed by atoms with Gasteiger partial charge in [-0.3, -0.25) is 0 Å². The van der Waals surface area contributed by atoms with Crippen LogP contribution < -0.4 is 9.64 Å². The molecule has 2 rings (SSSR count). The predicted molar refractivity (Wildman–Crippen MR) is 68.1 cm³/mol. The van der Waals surface area contributed by atoms with Crippen LogP contribution in [0.5, 0.6) is 5.75 Å². The fourth-order valence-electron chi connectivity index (χ4n) is 2.27. The molecule has 0 N–H and O–H groups in total. The van der Waals surface area contributed by atoms with Gasteiger partial charge >= 0.3 is 0 Å². The molecule has 1 fully saturated rings. The molecule has 18 heavy (non-hydrogen) atoms. The Hall–Kier alpha value is -2.20. The zero-order valence-corrected chi connectivity index (χ0v) is 10.4. The molecule has 1 heterocycles. The number of piperidine rings is 1. The zero-order chi connectivity index (χ0) is 13.0. The van der Waals surface area contributed by atoms with E-state index >= 15 is 0 Å². The topological polar surface area (TPSA) is 60.0 Å². The maximum Gasteiger partial charge on any atom is 0.147 e. The molecule has 0 unspecified atom stereocenters. The number of rotatable bonds is 2. The number of hydrogen-bond acceptors (Lipinski definition) is 4. The van der Waals surface area contributed by atoms with Gasteiger partial charge in [0.25, 0.3) is 0 Å². The van der Waals surface area contributed by atoms with Crippen molar-refractivity contribution >= 4 is 5.69 Å². The van der Waals surface area contributed by atoms with Crippen molar-refractivity contribution in [3.8, 4) is 17.9 Å². The van der Waals surface area contributed by atoms with Gasteiger partial charge in [-0.2, -0.15) is 10.5 Å². The first-order valence-electron chi connectivity index (χ1n) is 5.95.